The Morgan fingerprint density at radius 3 is 1.56 bits per heavy atom. The monoisotopic (exact) mass is 495 g/mol. The van der Waals surface area contributed by atoms with E-state index in [1.54, 1.807) is 0 Å². The second kappa shape index (κ2) is 8.61. The van der Waals surface area contributed by atoms with Crippen LogP contribution in [0.5, 0.6) is 0 Å². The summed E-state index contributed by atoms with van der Waals surface area (Å²) in [6, 6.07) is 4.16. The molecule has 0 atom stereocenters. The molecule has 184 valence electrons. The number of nitrogens with one attached hydrogen (secondary N) is 1. The molecule has 0 aliphatic heterocycles. The molecule has 0 heterocycles. The molecule has 0 aliphatic rings. The highest BCUT2D eigenvalue weighted by atomic mass is 19.4. The summed E-state index contributed by atoms with van der Waals surface area (Å²) in [7, 11) is 0. The van der Waals surface area contributed by atoms with Crippen LogP contribution in [0.2, 0.25) is 0 Å². The Morgan fingerprint density at radius 2 is 1.16 bits per heavy atom. The first-order valence-corrected chi connectivity index (χ1v) is 8.54. The Labute approximate surface area is 171 Å². The Balaban J connectivity index is 3.25. The number of benzene rings is 1. The molecule has 15 heteroatoms. The van der Waals surface area contributed by atoms with Crippen molar-refractivity contribution in [2.45, 2.75) is 62.0 Å². The minimum Gasteiger partial charge on any atom is -0.321 e. The smallest absolute Gasteiger partial charge is 0.321 e. The van der Waals surface area contributed by atoms with E-state index >= 15 is 0 Å². The molecule has 32 heavy (non-hydrogen) atoms. The molecule has 2 nitrogen and oxygen atoms in total. The lowest BCUT2D eigenvalue weighted by Crippen LogP contribution is -2.71. The van der Waals surface area contributed by atoms with Gasteiger partial charge in [0.15, 0.2) is 0 Å². The van der Waals surface area contributed by atoms with Gasteiger partial charge in [-0.15, -0.1) is 0 Å². The van der Waals surface area contributed by atoms with Crippen LogP contribution >= 0.6 is 0 Å². The first kappa shape index (κ1) is 27.8. The van der Waals surface area contributed by atoms with Gasteiger partial charge in [0.2, 0.25) is 0 Å². The number of halogens is 13. The Bertz CT molecular complexity index is 800. The molecule has 1 rings (SSSR count). The molecular weight excluding hydrogens is 481 g/mol. The summed E-state index contributed by atoms with van der Waals surface area (Å²) in [6.45, 7) is 1.83. The molecule has 0 saturated heterocycles. The van der Waals surface area contributed by atoms with Crippen LogP contribution in [0.15, 0.2) is 24.3 Å². The molecule has 0 fully saturated rings. The lowest BCUT2D eigenvalue weighted by molar-refractivity contribution is -0.435. The van der Waals surface area contributed by atoms with Crippen molar-refractivity contribution in [3.05, 3.63) is 29.8 Å². The summed E-state index contributed by atoms with van der Waals surface area (Å²) in [5.74, 6) is -41.7. The molecule has 0 radical (unpaired) electrons. The van der Waals surface area contributed by atoms with Crippen molar-refractivity contribution in [1.29, 1.82) is 0 Å². The summed E-state index contributed by atoms with van der Waals surface area (Å²) in [5, 5.41) is 1.01. The van der Waals surface area contributed by atoms with Gasteiger partial charge in [-0.25, -0.2) is 0 Å². The van der Waals surface area contributed by atoms with Crippen LogP contribution in [-0.4, -0.2) is 41.7 Å². The molecule has 0 unspecified atom stereocenters. The van der Waals surface area contributed by atoms with Gasteiger partial charge in [-0.3, -0.25) is 4.79 Å². The largest absolute Gasteiger partial charge is 0.460 e. The zero-order valence-corrected chi connectivity index (χ0v) is 15.8. The zero-order chi connectivity index (χ0) is 25.4. The lowest BCUT2D eigenvalue weighted by atomic mass is 9.93. The van der Waals surface area contributed by atoms with Crippen LogP contribution in [0.25, 0.3) is 0 Å². The number of carbonyl (C=O) groups is 1. The fourth-order valence-electron chi connectivity index (χ4n) is 2.26. The van der Waals surface area contributed by atoms with Crippen LogP contribution in [0.3, 0.4) is 0 Å². The van der Waals surface area contributed by atoms with Gasteiger partial charge in [0.25, 0.3) is 0 Å². The lowest BCUT2D eigenvalue weighted by Gasteiger charge is -2.39. The third-order valence-electron chi connectivity index (χ3n) is 4.25. The van der Waals surface area contributed by atoms with Crippen molar-refractivity contribution in [2.24, 2.45) is 0 Å². The molecular formula is C17H14F13NO. The molecule has 0 saturated carbocycles. The first-order valence-electron chi connectivity index (χ1n) is 8.54. The Hall–Kier alpha value is -2.22. The number of rotatable bonds is 9. The zero-order valence-electron chi connectivity index (χ0n) is 15.8. The van der Waals surface area contributed by atoms with E-state index < -0.39 is 47.4 Å². The van der Waals surface area contributed by atoms with Crippen LogP contribution in [0.1, 0.15) is 25.3 Å². The second-order valence-electron chi connectivity index (χ2n) is 6.62. The normalized spacial score (nSPS) is 14.4. The van der Waals surface area contributed by atoms with Crippen LogP contribution in [0.4, 0.5) is 62.8 Å². The average molecular weight is 495 g/mol. The first-order chi connectivity index (χ1) is 14.2. The fourth-order valence-corrected chi connectivity index (χ4v) is 2.26. The summed E-state index contributed by atoms with van der Waals surface area (Å²) in [5.41, 5.74) is -0.107. The number of amides is 1. The molecule has 1 N–H and O–H groups in total. The van der Waals surface area contributed by atoms with Crippen LogP contribution in [0, 0.1) is 0 Å². The summed E-state index contributed by atoms with van der Waals surface area (Å²) < 4.78 is 169. The predicted molar refractivity (Wildman–Crippen MR) is 84.5 cm³/mol. The molecule has 0 bridgehead atoms. The number of unbranched alkanes of at least 4 members (excludes halogenated alkanes) is 1. The van der Waals surface area contributed by atoms with E-state index in [4.69, 9.17) is 0 Å². The molecule has 0 spiro atoms. The number of alkyl halides is 13. The summed E-state index contributed by atoms with van der Waals surface area (Å²) >= 11 is 0. The van der Waals surface area contributed by atoms with Gasteiger partial charge in [0.1, 0.15) is 0 Å². The Kier molecular flexibility index (Phi) is 7.49. The fraction of sp³-hybridized carbons (Fsp3) is 0.588. The third-order valence-corrected chi connectivity index (χ3v) is 4.25. The molecule has 1 amide bonds. The quantitative estimate of drug-likeness (QED) is 0.380. The van der Waals surface area contributed by atoms with E-state index in [1.807, 2.05) is 6.92 Å². The highest BCUT2D eigenvalue weighted by Crippen LogP contribution is 2.60. The summed E-state index contributed by atoms with van der Waals surface area (Å²) in [6.07, 6.45) is -5.59. The van der Waals surface area contributed by atoms with Gasteiger partial charge in [-0.2, -0.15) is 57.1 Å². The van der Waals surface area contributed by atoms with Crippen molar-refractivity contribution < 1.29 is 61.9 Å². The van der Waals surface area contributed by atoms with Crippen LogP contribution < -0.4 is 5.32 Å². The molecule has 0 aromatic heterocycles. The average Bonchev–Trinajstić information content (AvgIpc) is 2.65. The Morgan fingerprint density at radius 1 is 0.719 bits per heavy atom. The number of aryl methyl sites for hydroxylation is 1. The minimum absolute atomic E-state index is 0.480. The summed E-state index contributed by atoms with van der Waals surface area (Å²) in [4.78, 5) is 11.4. The van der Waals surface area contributed by atoms with E-state index in [2.05, 4.69) is 0 Å². The predicted octanol–water partition coefficient (Wildman–Crippen LogP) is 6.71. The maximum Gasteiger partial charge on any atom is 0.460 e. The SMILES string of the molecule is CCCCc1ccc(NC(=O)C(F)(F)C(F)(F)C(F)(F)C(F)(F)C(F)(F)C(F)(F)F)cc1. The van der Waals surface area contributed by atoms with Crippen LogP contribution in [-0.2, 0) is 11.2 Å². The number of carbonyl (C=O) groups excluding carboxylic acids is 1. The standard InChI is InChI=1S/C17H14F13NO/c1-2-3-4-9-5-7-10(8-6-9)31-11(32)12(18,19)13(20,21)14(22,23)15(24,25)16(26,27)17(28,29)30/h5-8H,2-4H2,1H3,(H,31,32). The van der Waals surface area contributed by atoms with Gasteiger partial charge >= 0.3 is 41.7 Å². The van der Waals surface area contributed by atoms with E-state index in [0.29, 0.717) is 18.4 Å². The van der Waals surface area contributed by atoms with Crippen molar-refractivity contribution in [3.8, 4) is 0 Å². The molecule has 1 aromatic rings. The molecule has 1 aromatic carbocycles. The van der Waals surface area contributed by atoms with E-state index in [0.717, 1.165) is 23.9 Å². The topological polar surface area (TPSA) is 29.1 Å². The minimum atomic E-state index is -8.05. The van der Waals surface area contributed by atoms with Crippen molar-refractivity contribution >= 4 is 11.6 Å². The second-order valence-corrected chi connectivity index (χ2v) is 6.62. The van der Waals surface area contributed by atoms with E-state index in [-0.39, 0.29) is 0 Å². The van der Waals surface area contributed by atoms with Crippen molar-refractivity contribution in [3.63, 3.8) is 0 Å². The van der Waals surface area contributed by atoms with Crippen molar-refractivity contribution in [1.82, 2.24) is 0 Å². The maximum atomic E-state index is 13.7. The highest BCUT2D eigenvalue weighted by Gasteiger charge is 2.91. The number of hydrogen-bond acceptors (Lipinski definition) is 1. The van der Waals surface area contributed by atoms with Gasteiger partial charge in [-0.05, 0) is 30.5 Å². The van der Waals surface area contributed by atoms with E-state index in [1.165, 1.54) is 12.1 Å². The van der Waals surface area contributed by atoms with Gasteiger partial charge in [-0.1, -0.05) is 25.5 Å². The third kappa shape index (κ3) is 4.47. The van der Waals surface area contributed by atoms with Gasteiger partial charge < -0.3 is 5.32 Å². The number of hydrogen-bond donors (Lipinski definition) is 1. The van der Waals surface area contributed by atoms with E-state index in [9.17, 15) is 61.9 Å². The molecule has 0 aliphatic carbocycles. The highest BCUT2D eigenvalue weighted by molar-refractivity contribution is 5.97. The van der Waals surface area contributed by atoms with Gasteiger partial charge in [0, 0.05) is 5.69 Å². The number of anilines is 1. The van der Waals surface area contributed by atoms with Gasteiger partial charge in [0.05, 0.1) is 0 Å². The maximum absolute atomic E-state index is 13.7. The van der Waals surface area contributed by atoms with Crippen molar-refractivity contribution in [2.75, 3.05) is 5.32 Å².